The molecule has 0 bridgehead atoms. The Bertz CT molecular complexity index is 429. The first-order chi connectivity index (χ1) is 7.17. The highest BCUT2D eigenvalue weighted by Gasteiger charge is 2.03. The normalized spacial score (nSPS) is 10.8. The molecule has 1 aromatic carbocycles. The summed E-state index contributed by atoms with van der Waals surface area (Å²) < 4.78 is 0. The number of aliphatic hydroxyl groups excluding tert-OH is 1. The summed E-state index contributed by atoms with van der Waals surface area (Å²) in [6.07, 6.45) is 1.48. The van der Waals surface area contributed by atoms with Crippen molar-refractivity contribution in [2.45, 2.75) is 0 Å². The molecule has 0 atom stereocenters. The third-order valence-electron chi connectivity index (χ3n) is 1.76. The minimum atomic E-state index is -0.495. The van der Waals surface area contributed by atoms with E-state index in [9.17, 15) is 10.1 Å². The summed E-state index contributed by atoms with van der Waals surface area (Å²) in [6, 6.07) is 7.54. The molecule has 0 aromatic heterocycles. The highest BCUT2D eigenvalue weighted by atomic mass is 16.6. The van der Waals surface area contributed by atoms with E-state index in [4.69, 9.17) is 10.4 Å². The molecule has 0 saturated heterocycles. The number of hydrogen-bond acceptors (Lipinski definition) is 4. The van der Waals surface area contributed by atoms with Gasteiger partial charge in [0.15, 0.2) is 0 Å². The van der Waals surface area contributed by atoms with Gasteiger partial charge in [-0.3, -0.25) is 10.1 Å². The lowest BCUT2D eigenvalue weighted by atomic mass is 10.1. The van der Waals surface area contributed by atoms with E-state index in [0.29, 0.717) is 5.56 Å². The van der Waals surface area contributed by atoms with Crippen molar-refractivity contribution >= 4 is 11.8 Å². The number of nitriles is 1. The number of aliphatic hydroxyl groups is 1. The molecule has 0 saturated carbocycles. The Morgan fingerprint density at radius 3 is 2.53 bits per heavy atom. The number of nitro groups is 1. The maximum Gasteiger partial charge on any atom is 0.269 e. The molecule has 0 aliphatic carbocycles. The van der Waals surface area contributed by atoms with Crippen LogP contribution in [0.3, 0.4) is 0 Å². The molecule has 0 unspecified atom stereocenters. The Labute approximate surface area is 86.0 Å². The van der Waals surface area contributed by atoms with Gasteiger partial charge in [0.1, 0.15) is 0 Å². The van der Waals surface area contributed by atoms with Gasteiger partial charge in [0.2, 0.25) is 0 Å². The molecule has 0 amide bonds. The Morgan fingerprint density at radius 1 is 1.53 bits per heavy atom. The lowest BCUT2D eigenvalue weighted by molar-refractivity contribution is -0.384. The summed E-state index contributed by atoms with van der Waals surface area (Å²) in [5, 5.41) is 27.6. The molecule has 15 heavy (non-hydrogen) atoms. The van der Waals surface area contributed by atoms with Crippen molar-refractivity contribution in [3.8, 4) is 6.07 Å². The van der Waals surface area contributed by atoms with Gasteiger partial charge >= 0.3 is 0 Å². The Hall–Kier alpha value is -2.19. The molecule has 76 valence electrons. The molecule has 1 aromatic rings. The number of hydrogen-bond donors (Lipinski definition) is 1. The Balaban J connectivity index is 2.95. The van der Waals surface area contributed by atoms with Crippen molar-refractivity contribution < 1.29 is 10.0 Å². The topological polar surface area (TPSA) is 87.2 Å². The molecular weight excluding hydrogens is 196 g/mol. The predicted molar refractivity (Wildman–Crippen MR) is 53.8 cm³/mol. The van der Waals surface area contributed by atoms with Gasteiger partial charge in [-0.2, -0.15) is 5.26 Å². The first-order valence-corrected chi connectivity index (χ1v) is 4.13. The van der Waals surface area contributed by atoms with Crippen LogP contribution in [0.25, 0.3) is 6.08 Å². The van der Waals surface area contributed by atoms with Crippen molar-refractivity contribution in [1.29, 1.82) is 5.26 Å². The standard InChI is InChI=1S/C10H8N2O3/c11-6-9(7-13)5-8-1-3-10(4-2-8)12(14)15/h1-5,13H,7H2/b9-5-. The van der Waals surface area contributed by atoms with E-state index in [0.717, 1.165) is 0 Å². The quantitative estimate of drug-likeness (QED) is 0.459. The average Bonchev–Trinajstić information content (AvgIpc) is 2.26. The summed E-state index contributed by atoms with van der Waals surface area (Å²) >= 11 is 0. The molecule has 0 spiro atoms. The summed E-state index contributed by atoms with van der Waals surface area (Å²) in [6.45, 7) is -0.340. The van der Waals surface area contributed by atoms with E-state index >= 15 is 0 Å². The van der Waals surface area contributed by atoms with Crippen molar-refractivity contribution in [1.82, 2.24) is 0 Å². The molecule has 0 aliphatic heterocycles. The third-order valence-corrected chi connectivity index (χ3v) is 1.76. The zero-order valence-corrected chi connectivity index (χ0v) is 7.75. The van der Waals surface area contributed by atoms with Gasteiger partial charge in [-0.15, -0.1) is 0 Å². The van der Waals surface area contributed by atoms with E-state index in [1.165, 1.54) is 30.3 Å². The zero-order chi connectivity index (χ0) is 11.3. The summed E-state index contributed by atoms with van der Waals surface area (Å²) in [4.78, 5) is 9.85. The van der Waals surface area contributed by atoms with E-state index < -0.39 is 4.92 Å². The van der Waals surface area contributed by atoms with Crippen LogP contribution in [0, 0.1) is 21.4 Å². The lowest BCUT2D eigenvalue weighted by Gasteiger charge is -1.95. The molecule has 5 nitrogen and oxygen atoms in total. The number of non-ortho nitro benzene ring substituents is 1. The maximum atomic E-state index is 10.3. The Kier molecular flexibility index (Phi) is 3.55. The SMILES string of the molecule is N#C/C(=C/c1ccc([N+](=O)[O-])cc1)CO. The first kappa shape index (κ1) is 10.9. The highest BCUT2D eigenvalue weighted by Crippen LogP contribution is 2.13. The van der Waals surface area contributed by atoms with E-state index in [1.807, 2.05) is 6.07 Å². The number of nitro benzene ring substituents is 1. The fraction of sp³-hybridized carbons (Fsp3) is 0.100. The van der Waals surface area contributed by atoms with Gasteiger partial charge in [0.05, 0.1) is 23.2 Å². The van der Waals surface area contributed by atoms with Crippen LogP contribution >= 0.6 is 0 Å². The second kappa shape index (κ2) is 4.88. The third kappa shape index (κ3) is 2.90. The fourth-order valence-corrected chi connectivity index (χ4v) is 1.01. The number of nitrogens with zero attached hydrogens (tertiary/aromatic N) is 2. The van der Waals surface area contributed by atoms with Gasteiger partial charge in [-0.05, 0) is 23.8 Å². The number of rotatable bonds is 3. The van der Waals surface area contributed by atoms with Crippen molar-refractivity contribution in [3.05, 3.63) is 45.5 Å². The molecule has 0 heterocycles. The number of benzene rings is 1. The fourth-order valence-electron chi connectivity index (χ4n) is 1.01. The van der Waals surface area contributed by atoms with Crippen LogP contribution in [0.5, 0.6) is 0 Å². The first-order valence-electron chi connectivity index (χ1n) is 4.13. The zero-order valence-electron chi connectivity index (χ0n) is 7.75. The van der Waals surface area contributed by atoms with Crippen LogP contribution < -0.4 is 0 Å². The monoisotopic (exact) mass is 204 g/mol. The molecule has 1 rings (SSSR count). The van der Waals surface area contributed by atoms with E-state index in [-0.39, 0.29) is 17.9 Å². The van der Waals surface area contributed by atoms with Crippen LogP contribution in [0.15, 0.2) is 29.8 Å². The van der Waals surface area contributed by atoms with Crippen LogP contribution in [-0.2, 0) is 0 Å². The van der Waals surface area contributed by atoms with Crippen molar-refractivity contribution in [2.24, 2.45) is 0 Å². The predicted octanol–water partition coefficient (Wildman–Crippen LogP) is 1.49. The minimum absolute atomic E-state index is 0.00495. The van der Waals surface area contributed by atoms with Crippen LogP contribution in [0.4, 0.5) is 5.69 Å². The second-order valence-electron chi connectivity index (χ2n) is 2.79. The highest BCUT2D eigenvalue weighted by molar-refractivity contribution is 5.58. The lowest BCUT2D eigenvalue weighted by Crippen LogP contribution is -1.88. The van der Waals surface area contributed by atoms with Gasteiger partial charge in [0, 0.05) is 12.1 Å². The summed E-state index contributed by atoms with van der Waals surface area (Å²) in [7, 11) is 0. The molecule has 1 N–H and O–H groups in total. The van der Waals surface area contributed by atoms with Gasteiger partial charge < -0.3 is 5.11 Å². The van der Waals surface area contributed by atoms with Crippen molar-refractivity contribution in [2.75, 3.05) is 6.61 Å². The van der Waals surface area contributed by atoms with Crippen LogP contribution in [0.2, 0.25) is 0 Å². The van der Waals surface area contributed by atoms with Gasteiger partial charge in [-0.25, -0.2) is 0 Å². The van der Waals surface area contributed by atoms with Gasteiger partial charge in [0.25, 0.3) is 5.69 Å². The Morgan fingerprint density at radius 2 is 2.13 bits per heavy atom. The molecule has 0 aliphatic rings. The maximum absolute atomic E-state index is 10.3. The molecule has 5 heteroatoms. The van der Waals surface area contributed by atoms with Gasteiger partial charge in [-0.1, -0.05) is 0 Å². The summed E-state index contributed by atoms with van der Waals surface area (Å²) in [5.41, 5.74) is 0.852. The molecule has 0 fully saturated rings. The van der Waals surface area contributed by atoms with E-state index in [1.54, 1.807) is 0 Å². The van der Waals surface area contributed by atoms with Crippen molar-refractivity contribution in [3.63, 3.8) is 0 Å². The molecular formula is C10H8N2O3. The summed E-state index contributed by atoms with van der Waals surface area (Å²) in [5.74, 6) is 0. The largest absolute Gasteiger partial charge is 0.391 e. The minimum Gasteiger partial charge on any atom is -0.391 e. The second-order valence-corrected chi connectivity index (χ2v) is 2.79. The molecule has 0 radical (unpaired) electrons. The average molecular weight is 204 g/mol. The smallest absolute Gasteiger partial charge is 0.269 e. The van der Waals surface area contributed by atoms with E-state index in [2.05, 4.69) is 0 Å². The van der Waals surface area contributed by atoms with Crippen LogP contribution in [0.1, 0.15) is 5.56 Å². The van der Waals surface area contributed by atoms with Crippen LogP contribution in [-0.4, -0.2) is 16.6 Å².